The predicted octanol–water partition coefficient (Wildman–Crippen LogP) is -5.33. The van der Waals surface area contributed by atoms with Crippen LogP contribution in [-0.4, -0.2) is 233 Å². The van der Waals surface area contributed by atoms with Crippen LogP contribution in [0.15, 0.2) is 42.5 Å². The Morgan fingerprint density at radius 3 is 1.97 bits per heavy atom. The van der Waals surface area contributed by atoms with Gasteiger partial charge in [-0.3, -0.25) is 33.6 Å². The van der Waals surface area contributed by atoms with Crippen LogP contribution in [0.2, 0.25) is 0 Å². The van der Waals surface area contributed by atoms with Gasteiger partial charge in [-0.25, -0.2) is 4.98 Å². The van der Waals surface area contributed by atoms with Gasteiger partial charge in [0.25, 0.3) is 5.91 Å². The van der Waals surface area contributed by atoms with Crippen LogP contribution in [-0.2, 0) is 46.6 Å². The summed E-state index contributed by atoms with van der Waals surface area (Å²) in [6.07, 6.45) is -14.4. The summed E-state index contributed by atoms with van der Waals surface area (Å²) in [6, 6.07) is 8.87. The van der Waals surface area contributed by atoms with Gasteiger partial charge in [-0.05, 0) is 61.6 Å². The van der Waals surface area contributed by atoms with Crippen molar-refractivity contribution in [3.05, 3.63) is 59.4 Å². The van der Waals surface area contributed by atoms with Gasteiger partial charge in [0, 0.05) is 63.9 Å². The van der Waals surface area contributed by atoms with Crippen molar-refractivity contribution in [3.8, 4) is 0 Å². The van der Waals surface area contributed by atoms with Gasteiger partial charge >= 0.3 is 5.97 Å². The van der Waals surface area contributed by atoms with Crippen LogP contribution in [0.4, 0.5) is 5.69 Å². The monoisotopic (exact) mass is 1100 g/mol. The first-order chi connectivity index (χ1) is 37.1. The molecule has 434 valence electrons. The number of H-pyrrole nitrogens is 1. The molecule has 1 aliphatic heterocycles. The van der Waals surface area contributed by atoms with Crippen LogP contribution in [0.25, 0.3) is 11.0 Å². The highest BCUT2D eigenvalue weighted by molar-refractivity contribution is 5.96. The lowest BCUT2D eigenvalue weighted by atomic mass is 10.0. The zero-order chi connectivity index (χ0) is 57.6. The maximum atomic E-state index is 13.9. The van der Waals surface area contributed by atoms with E-state index in [9.17, 15) is 74.4 Å². The molecule has 0 radical (unpaired) electrons. The van der Waals surface area contributed by atoms with E-state index in [1.807, 2.05) is 24.3 Å². The first-order valence-electron chi connectivity index (χ1n) is 25.6. The number of nitrogens with zero attached hydrogens (tertiary/aromatic N) is 3. The molecule has 0 saturated heterocycles. The summed E-state index contributed by atoms with van der Waals surface area (Å²) in [4.78, 5) is 103. The van der Waals surface area contributed by atoms with Crippen molar-refractivity contribution in [2.24, 2.45) is 5.73 Å². The van der Waals surface area contributed by atoms with Gasteiger partial charge < -0.3 is 103 Å². The maximum absolute atomic E-state index is 13.9. The second-order valence-electron chi connectivity index (χ2n) is 19.1. The molecule has 2 heterocycles. The molecule has 3 aromatic rings. The number of aromatic amines is 1. The molecule has 78 heavy (non-hydrogen) atoms. The molecule has 4 rings (SSSR count). The topological polar surface area (TPSA) is 452 Å². The summed E-state index contributed by atoms with van der Waals surface area (Å²) < 4.78 is 4.86. The van der Waals surface area contributed by atoms with Crippen molar-refractivity contribution < 1.29 is 89.4 Å². The van der Waals surface area contributed by atoms with E-state index in [4.69, 9.17) is 20.7 Å². The standard InChI is InChI=1S/C50H76N10O18/c1-59(24-39-56-31-9-5-6-10-32(31)57-39)49(76)27-11-13-30-28(19-27)23-60(50(77)34(55-30)20-42(69)78-2)18-8-4-3-7-17-52-48(75)33(14-16-41(68)54-22-36(64)44(71)46(73)38(66)26-62)58-47(74)29(51)12-15-40(67)53-21-35(63)43(70)45(72)37(65)25-61/h5-6,9-11,13,19,29,33-38,43-46,55,61-66,70-73H,3-4,7-8,12,14-18,20-26,51H2,1-2H3,(H,52,75)(H,53,67)(H,54,68)(H,56,57)(H,58,74)/t29-,33-,34?,35+,36+,37-,38-,43-,44-,45+,46+/m0/s1. The van der Waals surface area contributed by atoms with Gasteiger partial charge in [0.2, 0.25) is 29.5 Å². The fraction of sp³-hybridized carbons (Fsp3) is 0.600. The zero-order valence-electron chi connectivity index (χ0n) is 43.6. The number of ether oxygens (including phenoxy) is 1. The van der Waals surface area contributed by atoms with Crippen molar-refractivity contribution in [3.63, 3.8) is 0 Å². The van der Waals surface area contributed by atoms with Gasteiger partial charge in [0.15, 0.2) is 0 Å². The third-order valence-electron chi connectivity index (χ3n) is 13.1. The van der Waals surface area contributed by atoms with Crippen molar-refractivity contribution in [2.75, 3.05) is 58.9 Å². The van der Waals surface area contributed by atoms with E-state index in [2.05, 4.69) is 36.6 Å². The number of esters is 1. The van der Waals surface area contributed by atoms with E-state index in [0.717, 1.165) is 11.0 Å². The maximum Gasteiger partial charge on any atom is 0.308 e. The number of anilines is 1. The number of aromatic nitrogens is 2. The third kappa shape index (κ3) is 19.5. The first kappa shape index (κ1) is 64.1. The number of aliphatic hydroxyl groups is 10. The number of hydrogen-bond donors (Lipinski definition) is 17. The van der Waals surface area contributed by atoms with Crippen LogP contribution >= 0.6 is 0 Å². The average molecular weight is 1110 g/mol. The summed E-state index contributed by atoms with van der Waals surface area (Å²) in [5.41, 5.74) is 9.26. The van der Waals surface area contributed by atoms with E-state index < -0.39 is 129 Å². The first-order valence-corrected chi connectivity index (χ1v) is 25.6. The predicted molar refractivity (Wildman–Crippen MR) is 276 cm³/mol. The molecule has 1 aliphatic rings. The number of imidazole rings is 1. The van der Waals surface area contributed by atoms with Gasteiger partial charge in [-0.2, -0.15) is 0 Å². The minimum atomic E-state index is -1.96. The molecule has 0 fully saturated rings. The molecule has 2 aromatic carbocycles. The number of fused-ring (bicyclic) bond motifs is 2. The molecule has 0 spiro atoms. The van der Waals surface area contributed by atoms with E-state index >= 15 is 0 Å². The largest absolute Gasteiger partial charge is 0.469 e. The second kappa shape index (κ2) is 31.8. The molecule has 1 unspecified atom stereocenters. The molecule has 0 bridgehead atoms. The van der Waals surface area contributed by atoms with E-state index in [1.165, 1.54) is 12.0 Å². The Kier molecular flexibility index (Phi) is 26.2. The summed E-state index contributed by atoms with van der Waals surface area (Å²) in [7, 11) is 2.88. The van der Waals surface area contributed by atoms with E-state index in [1.54, 1.807) is 30.1 Å². The summed E-state index contributed by atoms with van der Waals surface area (Å²) in [5, 5.41) is 110. The number of nitrogens with two attached hydrogens (primary N) is 1. The van der Waals surface area contributed by atoms with E-state index in [0.29, 0.717) is 48.3 Å². The minimum absolute atomic E-state index is 0.106. The number of methoxy groups -OCH3 is 1. The van der Waals surface area contributed by atoms with Gasteiger partial charge in [-0.1, -0.05) is 25.0 Å². The fourth-order valence-corrected chi connectivity index (χ4v) is 8.26. The molecule has 1 aromatic heterocycles. The zero-order valence-corrected chi connectivity index (χ0v) is 43.6. The Morgan fingerprint density at radius 2 is 1.37 bits per heavy atom. The number of carbonyl (C=O) groups excluding carboxylic acids is 7. The number of carbonyl (C=O) groups is 7. The Labute approximate surface area is 449 Å². The summed E-state index contributed by atoms with van der Waals surface area (Å²) in [5.74, 6) is -3.71. The number of rotatable bonds is 33. The highest BCUT2D eigenvalue weighted by Gasteiger charge is 2.34. The molecule has 0 saturated carbocycles. The smallest absolute Gasteiger partial charge is 0.308 e. The number of aliphatic hydroxyl groups excluding tert-OH is 10. The summed E-state index contributed by atoms with van der Waals surface area (Å²) >= 11 is 0. The lowest BCUT2D eigenvalue weighted by Gasteiger charge is -2.26. The van der Waals surface area contributed by atoms with Crippen LogP contribution < -0.4 is 32.3 Å². The Hall–Kier alpha value is -6.44. The molecule has 6 amide bonds. The van der Waals surface area contributed by atoms with Gasteiger partial charge in [-0.15, -0.1) is 0 Å². The van der Waals surface area contributed by atoms with Crippen LogP contribution in [0.1, 0.15) is 79.5 Å². The number of para-hydroxylation sites is 2. The van der Waals surface area contributed by atoms with Crippen LogP contribution in [0.3, 0.4) is 0 Å². The number of unbranched alkanes of at least 4 members (excludes halogenated alkanes) is 3. The van der Waals surface area contributed by atoms with Crippen LogP contribution in [0.5, 0.6) is 0 Å². The van der Waals surface area contributed by atoms with Gasteiger partial charge in [0.05, 0.1) is 62.6 Å². The Morgan fingerprint density at radius 1 is 0.782 bits per heavy atom. The molecule has 11 atom stereocenters. The lowest BCUT2D eigenvalue weighted by Crippen LogP contribution is -2.52. The number of hydrogen-bond acceptors (Lipinski definition) is 21. The molecular formula is C50H76N10O18. The molecular weight excluding hydrogens is 1030 g/mol. The minimum Gasteiger partial charge on any atom is -0.469 e. The number of benzene rings is 2. The molecule has 28 nitrogen and oxygen atoms in total. The van der Waals surface area contributed by atoms with Crippen molar-refractivity contribution >= 4 is 58.1 Å². The summed E-state index contributed by atoms with van der Waals surface area (Å²) in [6.45, 7) is -2.29. The molecule has 28 heteroatoms. The van der Waals surface area contributed by atoms with Crippen LogP contribution in [0, 0.1) is 0 Å². The second-order valence-corrected chi connectivity index (χ2v) is 19.1. The van der Waals surface area contributed by atoms with Gasteiger partial charge in [0.1, 0.15) is 54.5 Å². The SMILES string of the molecule is COC(=O)CC1Nc2ccc(C(=O)N(C)Cc3nc4ccccc4[nH]3)cc2CN(CCCCCCNC(=O)[C@H](CCC(=O)NC[C@@H](O)[C@H](O)[C@H](O)[C@@H](O)CO)NC(=O)[C@@H](N)CCC(=O)NC[C@@H](O)[C@H](O)[C@H](O)[C@@H](O)CO)C1=O. The third-order valence-corrected chi connectivity index (χ3v) is 13.1. The fourth-order valence-electron chi connectivity index (χ4n) is 8.26. The number of amides is 6. The highest BCUT2D eigenvalue weighted by Crippen LogP contribution is 2.27. The lowest BCUT2D eigenvalue weighted by molar-refractivity contribution is -0.144. The molecule has 18 N–H and O–H groups in total. The normalized spacial score (nSPS) is 17.3. The number of nitrogens with one attached hydrogen (secondary N) is 6. The molecule has 0 aliphatic carbocycles. The quantitative estimate of drug-likeness (QED) is 0.0200. The Bertz CT molecular complexity index is 2420. The van der Waals surface area contributed by atoms with E-state index in [-0.39, 0.29) is 63.7 Å². The highest BCUT2D eigenvalue weighted by atomic mass is 16.5. The Balaban J connectivity index is 1.32. The average Bonchev–Trinajstić information content (AvgIpc) is 3.83. The van der Waals surface area contributed by atoms with Crippen molar-refractivity contribution in [2.45, 2.75) is 138 Å². The van der Waals surface area contributed by atoms with Crippen molar-refractivity contribution in [1.29, 1.82) is 0 Å². The van der Waals surface area contributed by atoms with Crippen molar-refractivity contribution in [1.82, 2.24) is 41.0 Å².